The van der Waals surface area contributed by atoms with Crippen molar-refractivity contribution in [1.29, 1.82) is 0 Å². The third kappa shape index (κ3) is 6.21. The lowest BCUT2D eigenvalue weighted by Crippen LogP contribution is -2.48. The van der Waals surface area contributed by atoms with Crippen molar-refractivity contribution in [2.75, 3.05) is 30.9 Å². The minimum Gasteiger partial charge on any atom is -0.491 e. The second-order valence-corrected chi connectivity index (χ2v) is 11.5. The van der Waals surface area contributed by atoms with Gasteiger partial charge in [0, 0.05) is 61.1 Å². The number of anilines is 1. The van der Waals surface area contributed by atoms with E-state index < -0.39 is 10.0 Å². The van der Waals surface area contributed by atoms with Gasteiger partial charge in [-0.05, 0) is 56.3 Å². The Morgan fingerprint density at radius 1 is 0.923 bits per heavy atom. The molecule has 1 N–H and O–H groups in total. The number of carbonyl (C=O) groups excluding carboxylic acids is 1. The number of para-hydroxylation sites is 2. The van der Waals surface area contributed by atoms with Crippen molar-refractivity contribution in [1.82, 2.24) is 14.8 Å². The summed E-state index contributed by atoms with van der Waals surface area (Å²) in [6, 6.07) is 23.3. The molecule has 0 aliphatic carbocycles. The van der Waals surface area contributed by atoms with Crippen molar-refractivity contribution < 1.29 is 17.9 Å². The Kier molecular flexibility index (Phi) is 7.81. The lowest BCUT2D eigenvalue weighted by atomic mass is 10.1. The van der Waals surface area contributed by atoms with Gasteiger partial charge < -0.3 is 9.64 Å². The molecule has 9 heteroatoms. The first kappa shape index (κ1) is 26.6. The van der Waals surface area contributed by atoms with Gasteiger partial charge in [-0.15, -0.1) is 0 Å². The fourth-order valence-corrected chi connectivity index (χ4v) is 5.96. The molecule has 1 fully saturated rings. The van der Waals surface area contributed by atoms with Crippen molar-refractivity contribution in [2.45, 2.75) is 31.4 Å². The van der Waals surface area contributed by atoms with Crippen LogP contribution in [0.2, 0.25) is 0 Å². The fourth-order valence-electron chi connectivity index (χ4n) is 4.72. The van der Waals surface area contributed by atoms with Crippen LogP contribution >= 0.6 is 0 Å². The molecule has 0 saturated carbocycles. The number of piperazine rings is 1. The number of nitrogens with zero attached hydrogens (tertiary/aromatic N) is 3. The molecule has 0 unspecified atom stereocenters. The van der Waals surface area contributed by atoms with Crippen LogP contribution in [-0.2, 0) is 16.6 Å². The first-order chi connectivity index (χ1) is 18.8. The molecule has 1 amide bonds. The van der Waals surface area contributed by atoms with E-state index in [0.717, 1.165) is 36.3 Å². The van der Waals surface area contributed by atoms with Gasteiger partial charge in [0.05, 0.1) is 11.6 Å². The highest BCUT2D eigenvalue weighted by Gasteiger charge is 2.23. The number of carbonyl (C=O) groups is 1. The van der Waals surface area contributed by atoms with Gasteiger partial charge in [0.2, 0.25) is 0 Å². The van der Waals surface area contributed by atoms with Gasteiger partial charge in [0.1, 0.15) is 10.6 Å². The third-order valence-electron chi connectivity index (χ3n) is 6.66. The van der Waals surface area contributed by atoms with Crippen LogP contribution in [0.1, 0.15) is 29.8 Å². The molecule has 39 heavy (non-hydrogen) atoms. The summed E-state index contributed by atoms with van der Waals surface area (Å²) in [5, 5.41) is 0.745. The second-order valence-electron chi connectivity index (χ2n) is 9.86. The first-order valence-electron chi connectivity index (χ1n) is 13.0. The summed E-state index contributed by atoms with van der Waals surface area (Å²) in [4.78, 5) is 21.7. The Hall–Kier alpha value is -3.95. The van der Waals surface area contributed by atoms with Gasteiger partial charge in [-0.2, -0.15) is 0 Å². The van der Waals surface area contributed by atoms with E-state index in [9.17, 15) is 13.2 Å². The van der Waals surface area contributed by atoms with Gasteiger partial charge in [0.25, 0.3) is 15.9 Å². The van der Waals surface area contributed by atoms with E-state index >= 15 is 0 Å². The number of pyridine rings is 1. The standard InChI is InChI=1S/C30H32N4O4S/c1-22(2)38-27-10-4-3-7-25(27)21-33-17-19-34(20-18-33)30(35)24-12-14-26(15-13-24)32-39(36,37)28-11-5-8-23-9-6-16-31-29(23)28/h3-16,22,32H,17-21H2,1-2H3. The molecule has 8 nitrogen and oxygen atoms in total. The van der Waals surface area contributed by atoms with Crippen LogP contribution in [0, 0.1) is 0 Å². The average Bonchev–Trinajstić information content (AvgIpc) is 2.94. The van der Waals surface area contributed by atoms with Crippen LogP contribution in [0.25, 0.3) is 10.9 Å². The van der Waals surface area contributed by atoms with Crippen LogP contribution in [0.3, 0.4) is 0 Å². The summed E-state index contributed by atoms with van der Waals surface area (Å²) in [6.45, 7) is 7.57. The molecule has 4 aromatic rings. The highest BCUT2D eigenvalue weighted by molar-refractivity contribution is 7.93. The van der Waals surface area contributed by atoms with Crippen molar-refractivity contribution in [3.05, 3.63) is 96.2 Å². The Morgan fingerprint density at radius 3 is 2.38 bits per heavy atom. The highest BCUT2D eigenvalue weighted by atomic mass is 32.2. The van der Waals surface area contributed by atoms with Gasteiger partial charge in [0.15, 0.2) is 0 Å². The molecule has 3 aromatic carbocycles. The smallest absolute Gasteiger partial charge is 0.264 e. The molecule has 0 spiro atoms. The topological polar surface area (TPSA) is 91.8 Å². The number of aromatic nitrogens is 1. The van der Waals surface area contributed by atoms with Gasteiger partial charge in [-0.3, -0.25) is 19.4 Å². The van der Waals surface area contributed by atoms with Crippen LogP contribution in [-0.4, -0.2) is 61.4 Å². The van der Waals surface area contributed by atoms with Crippen molar-refractivity contribution in [3.8, 4) is 5.75 Å². The fraction of sp³-hybridized carbons (Fsp3) is 0.267. The third-order valence-corrected chi connectivity index (χ3v) is 8.07. The molecule has 1 aromatic heterocycles. The van der Waals surface area contributed by atoms with Gasteiger partial charge in [-0.1, -0.05) is 36.4 Å². The number of ether oxygens (including phenoxy) is 1. The summed E-state index contributed by atoms with van der Waals surface area (Å²) in [5.41, 5.74) is 2.46. The van der Waals surface area contributed by atoms with Gasteiger partial charge in [-0.25, -0.2) is 8.42 Å². The van der Waals surface area contributed by atoms with E-state index in [1.165, 1.54) is 6.07 Å². The van der Waals surface area contributed by atoms with Crippen LogP contribution in [0.4, 0.5) is 5.69 Å². The zero-order valence-electron chi connectivity index (χ0n) is 22.1. The highest BCUT2D eigenvalue weighted by Crippen LogP contribution is 2.25. The first-order valence-corrected chi connectivity index (χ1v) is 14.5. The largest absolute Gasteiger partial charge is 0.491 e. The Balaban J connectivity index is 1.20. The molecule has 1 aliphatic rings. The molecule has 2 heterocycles. The summed E-state index contributed by atoms with van der Waals surface area (Å²) < 4.78 is 34.7. The van der Waals surface area contributed by atoms with Crippen molar-refractivity contribution in [3.63, 3.8) is 0 Å². The van der Waals surface area contributed by atoms with E-state index in [1.54, 1.807) is 42.6 Å². The number of amides is 1. The Morgan fingerprint density at radius 2 is 1.64 bits per heavy atom. The Labute approximate surface area is 229 Å². The summed E-state index contributed by atoms with van der Waals surface area (Å²) in [6.07, 6.45) is 1.68. The predicted octanol–water partition coefficient (Wildman–Crippen LogP) is 4.78. The number of rotatable bonds is 8. The number of hydrogen-bond donors (Lipinski definition) is 1. The minimum absolute atomic E-state index is 0.0640. The molecule has 0 bridgehead atoms. The monoisotopic (exact) mass is 544 g/mol. The summed E-state index contributed by atoms with van der Waals surface area (Å²) in [7, 11) is -3.86. The van der Waals surface area contributed by atoms with Crippen LogP contribution in [0.15, 0.2) is 90.0 Å². The average molecular weight is 545 g/mol. The van der Waals surface area contributed by atoms with Crippen molar-refractivity contribution in [2.24, 2.45) is 0 Å². The second kappa shape index (κ2) is 11.4. The number of hydrogen-bond acceptors (Lipinski definition) is 6. The lowest BCUT2D eigenvalue weighted by molar-refractivity contribution is 0.0626. The number of sulfonamides is 1. The quantitative estimate of drug-likeness (QED) is 0.343. The molecular formula is C30H32N4O4S. The van der Waals surface area contributed by atoms with Crippen LogP contribution < -0.4 is 9.46 Å². The molecule has 1 saturated heterocycles. The molecule has 0 radical (unpaired) electrons. The zero-order valence-corrected chi connectivity index (χ0v) is 22.9. The number of nitrogens with one attached hydrogen (secondary N) is 1. The van der Waals surface area contributed by atoms with Gasteiger partial charge >= 0.3 is 0 Å². The SMILES string of the molecule is CC(C)Oc1ccccc1CN1CCN(C(=O)c2ccc(NS(=O)(=O)c3cccc4cccnc34)cc2)CC1. The van der Waals surface area contributed by atoms with E-state index in [0.29, 0.717) is 29.9 Å². The normalized spacial score (nSPS) is 14.5. The summed E-state index contributed by atoms with van der Waals surface area (Å²) >= 11 is 0. The predicted molar refractivity (Wildman–Crippen MR) is 152 cm³/mol. The molecule has 0 atom stereocenters. The van der Waals surface area contributed by atoms with Crippen molar-refractivity contribution >= 4 is 32.5 Å². The molecule has 1 aliphatic heterocycles. The van der Waals surface area contributed by atoms with Crippen LogP contribution in [0.5, 0.6) is 5.75 Å². The van der Waals surface area contributed by atoms with E-state index in [-0.39, 0.29) is 16.9 Å². The van der Waals surface area contributed by atoms with E-state index in [1.807, 2.05) is 49.1 Å². The molecule has 5 rings (SSSR count). The maximum Gasteiger partial charge on any atom is 0.264 e. The number of benzene rings is 3. The zero-order chi connectivity index (χ0) is 27.4. The minimum atomic E-state index is -3.86. The van der Waals surface area contributed by atoms with E-state index in [2.05, 4.69) is 20.7 Å². The van der Waals surface area contributed by atoms with E-state index in [4.69, 9.17) is 4.74 Å². The molecular weight excluding hydrogens is 512 g/mol. The summed E-state index contributed by atoms with van der Waals surface area (Å²) in [5.74, 6) is 0.837. The lowest BCUT2D eigenvalue weighted by Gasteiger charge is -2.35. The Bertz CT molecular complexity index is 1560. The number of fused-ring (bicyclic) bond motifs is 1. The maximum atomic E-state index is 13.1. The maximum absolute atomic E-state index is 13.1. The molecule has 202 valence electrons.